The molecule has 1 fully saturated rings. The van der Waals surface area contributed by atoms with E-state index < -0.39 is 0 Å². The molecule has 3 aromatic rings. The first-order valence-electron chi connectivity index (χ1n) is 7.80. The van der Waals surface area contributed by atoms with E-state index in [1.165, 1.54) is 0 Å². The van der Waals surface area contributed by atoms with Crippen molar-refractivity contribution < 1.29 is 0 Å². The van der Waals surface area contributed by atoms with Gasteiger partial charge in [0.15, 0.2) is 0 Å². The zero-order valence-corrected chi connectivity index (χ0v) is 12.6. The van der Waals surface area contributed by atoms with Crippen LogP contribution in [0.15, 0.2) is 47.5 Å². The molecular weight excluding hydrogens is 290 g/mol. The fourth-order valence-electron chi connectivity index (χ4n) is 3.23. The van der Waals surface area contributed by atoms with E-state index in [1.54, 1.807) is 18.5 Å². The molecule has 0 spiro atoms. The molecule has 0 bridgehead atoms. The molecule has 6 nitrogen and oxygen atoms in total. The summed E-state index contributed by atoms with van der Waals surface area (Å²) >= 11 is 0. The Balaban J connectivity index is 1.67. The number of H-pyrrole nitrogens is 1. The Bertz CT molecular complexity index is 877. The maximum Gasteiger partial charge on any atom is 0.258 e. The molecular formula is C17H17N5O. The average Bonchev–Trinajstić information content (AvgIpc) is 3.04. The van der Waals surface area contributed by atoms with Crippen molar-refractivity contribution in [3.8, 4) is 0 Å². The monoisotopic (exact) mass is 307 g/mol. The SMILES string of the molecule is O=c1[nH]c(C2CCCN2Cc2ccnnc2)nc2ccccc12. The van der Waals surface area contributed by atoms with Crippen molar-refractivity contribution in [1.29, 1.82) is 0 Å². The van der Waals surface area contributed by atoms with Crippen LogP contribution in [0.4, 0.5) is 0 Å². The number of aromatic nitrogens is 4. The molecule has 1 saturated heterocycles. The molecule has 0 radical (unpaired) electrons. The lowest BCUT2D eigenvalue weighted by Gasteiger charge is -2.23. The Morgan fingerprint density at radius 1 is 1.22 bits per heavy atom. The van der Waals surface area contributed by atoms with Crippen LogP contribution in [0.1, 0.15) is 30.3 Å². The van der Waals surface area contributed by atoms with E-state index in [1.807, 2.05) is 24.3 Å². The zero-order chi connectivity index (χ0) is 15.6. The van der Waals surface area contributed by atoms with Gasteiger partial charge in [-0.05, 0) is 43.1 Å². The molecule has 1 N–H and O–H groups in total. The first kappa shape index (κ1) is 14.0. The molecule has 0 amide bonds. The minimum Gasteiger partial charge on any atom is -0.309 e. The van der Waals surface area contributed by atoms with E-state index >= 15 is 0 Å². The fourth-order valence-corrected chi connectivity index (χ4v) is 3.23. The average molecular weight is 307 g/mol. The molecule has 2 aromatic heterocycles. The third-order valence-corrected chi connectivity index (χ3v) is 4.34. The Labute approximate surface area is 133 Å². The molecule has 1 aliphatic heterocycles. The van der Waals surface area contributed by atoms with Crippen LogP contribution in [0.5, 0.6) is 0 Å². The van der Waals surface area contributed by atoms with Gasteiger partial charge in [-0.2, -0.15) is 10.2 Å². The van der Waals surface area contributed by atoms with Crippen molar-refractivity contribution in [3.63, 3.8) is 0 Å². The van der Waals surface area contributed by atoms with Gasteiger partial charge in [0.05, 0.1) is 23.1 Å². The molecule has 23 heavy (non-hydrogen) atoms. The minimum absolute atomic E-state index is 0.0666. The highest BCUT2D eigenvalue weighted by atomic mass is 16.1. The van der Waals surface area contributed by atoms with E-state index in [2.05, 4.69) is 25.1 Å². The van der Waals surface area contributed by atoms with Crippen molar-refractivity contribution in [2.45, 2.75) is 25.4 Å². The van der Waals surface area contributed by atoms with Crippen LogP contribution < -0.4 is 5.56 Å². The lowest BCUT2D eigenvalue weighted by atomic mass is 10.1. The van der Waals surface area contributed by atoms with Gasteiger partial charge >= 0.3 is 0 Å². The third kappa shape index (κ3) is 2.73. The van der Waals surface area contributed by atoms with E-state index in [-0.39, 0.29) is 11.6 Å². The van der Waals surface area contributed by atoms with E-state index in [0.717, 1.165) is 42.8 Å². The summed E-state index contributed by atoms with van der Waals surface area (Å²) in [6.45, 7) is 1.78. The van der Waals surface area contributed by atoms with Gasteiger partial charge in [-0.25, -0.2) is 4.98 Å². The topological polar surface area (TPSA) is 74.8 Å². The predicted octanol–water partition coefficient (Wildman–Crippen LogP) is 2.05. The summed E-state index contributed by atoms with van der Waals surface area (Å²) in [6, 6.07) is 9.57. The van der Waals surface area contributed by atoms with Gasteiger partial charge in [0.25, 0.3) is 5.56 Å². The van der Waals surface area contributed by atoms with Gasteiger partial charge in [-0.3, -0.25) is 9.69 Å². The van der Waals surface area contributed by atoms with Crippen LogP contribution in [0, 0.1) is 0 Å². The molecule has 116 valence electrons. The van der Waals surface area contributed by atoms with E-state index in [4.69, 9.17) is 0 Å². The Morgan fingerprint density at radius 2 is 2.13 bits per heavy atom. The van der Waals surface area contributed by atoms with E-state index in [9.17, 15) is 4.79 Å². The Kier molecular flexibility index (Phi) is 3.59. The van der Waals surface area contributed by atoms with Gasteiger partial charge in [-0.1, -0.05) is 12.1 Å². The smallest absolute Gasteiger partial charge is 0.258 e. The summed E-state index contributed by atoms with van der Waals surface area (Å²) in [5.41, 5.74) is 1.81. The summed E-state index contributed by atoms with van der Waals surface area (Å²) in [6.07, 6.45) is 5.59. The Hall–Kier alpha value is -2.60. The molecule has 3 heterocycles. The van der Waals surface area contributed by atoms with Crippen molar-refractivity contribution in [2.24, 2.45) is 0 Å². The van der Waals surface area contributed by atoms with Gasteiger partial charge in [0.2, 0.25) is 0 Å². The van der Waals surface area contributed by atoms with Crippen LogP contribution in [0.2, 0.25) is 0 Å². The van der Waals surface area contributed by atoms with Crippen LogP contribution in [-0.4, -0.2) is 31.6 Å². The van der Waals surface area contributed by atoms with Crippen LogP contribution in [0.3, 0.4) is 0 Å². The summed E-state index contributed by atoms with van der Waals surface area (Å²) in [5.74, 6) is 0.758. The van der Waals surface area contributed by atoms with Crippen molar-refractivity contribution >= 4 is 10.9 Å². The second-order valence-electron chi connectivity index (χ2n) is 5.85. The quantitative estimate of drug-likeness (QED) is 0.801. The Morgan fingerprint density at radius 3 is 3.00 bits per heavy atom. The number of benzene rings is 1. The lowest BCUT2D eigenvalue weighted by molar-refractivity contribution is 0.239. The summed E-state index contributed by atoms with van der Waals surface area (Å²) in [4.78, 5) is 22.3. The van der Waals surface area contributed by atoms with Crippen LogP contribution >= 0.6 is 0 Å². The van der Waals surface area contributed by atoms with Gasteiger partial charge in [0.1, 0.15) is 5.82 Å². The highest BCUT2D eigenvalue weighted by Gasteiger charge is 2.28. The number of hydrogen-bond donors (Lipinski definition) is 1. The lowest BCUT2D eigenvalue weighted by Crippen LogP contribution is -2.26. The number of rotatable bonds is 3. The van der Waals surface area contributed by atoms with Crippen LogP contribution in [-0.2, 0) is 6.54 Å². The highest BCUT2D eigenvalue weighted by Crippen LogP contribution is 2.31. The summed E-state index contributed by atoms with van der Waals surface area (Å²) < 4.78 is 0. The molecule has 0 saturated carbocycles. The van der Waals surface area contributed by atoms with Gasteiger partial charge in [-0.15, -0.1) is 0 Å². The molecule has 1 atom stereocenters. The van der Waals surface area contributed by atoms with Crippen molar-refractivity contribution in [1.82, 2.24) is 25.1 Å². The predicted molar refractivity (Wildman–Crippen MR) is 86.8 cm³/mol. The first-order chi connectivity index (χ1) is 11.3. The standard InChI is InChI=1S/C17H17N5O/c23-17-13-4-1-2-5-14(13)20-16(21-17)15-6-3-9-22(15)11-12-7-8-18-19-10-12/h1-2,4-5,7-8,10,15H,3,6,9,11H2,(H,20,21,23). The summed E-state index contributed by atoms with van der Waals surface area (Å²) in [7, 11) is 0. The van der Waals surface area contributed by atoms with Crippen molar-refractivity contribution in [3.05, 3.63) is 64.5 Å². The fraction of sp³-hybridized carbons (Fsp3) is 0.294. The number of nitrogens with one attached hydrogen (secondary N) is 1. The molecule has 4 rings (SSSR count). The number of likely N-dealkylation sites (tertiary alicyclic amines) is 1. The van der Waals surface area contributed by atoms with Gasteiger partial charge < -0.3 is 4.98 Å². The zero-order valence-electron chi connectivity index (χ0n) is 12.6. The van der Waals surface area contributed by atoms with Crippen LogP contribution in [0.25, 0.3) is 10.9 Å². The highest BCUT2D eigenvalue weighted by molar-refractivity contribution is 5.77. The maximum atomic E-state index is 12.3. The summed E-state index contributed by atoms with van der Waals surface area (Å²) in [5, 5.41) is 8.38. The molecule has 1 aliphatic rings. The molecule has 1 unspecified atom stereocenters. The number of nitrogens with zero attached hydrogens (tertiary/aromatic N) is 4. The normalized spacial score (nSPS) is 18.5. The van der Waals surface area contributed by atoms with E-state index in [0.29, 0.717) is 5.39 Å². The number of para-hydroxylation sites is 1. The largest absolute Gasteiger partial charge is 0.309 e. The number of aromatic amines is 1. The molecule has 1 aromatic carbocycles. The second-order valence-corrected chi connectivity index (χ2v) is 5.85. The second kappa shape index (κ2) is 5.89. The molecule has 6 heteroatoms. The minimum atomic E-state index is -0.0666. The van der Waals surface area contributed by atoms with Crippen molar-refractivity contribution in [2.75, 3.05) is 6.54 Å². The number of hydrogen-bond acceptors (Lipinski definition) is 5. The molecule has 0 aliphatic carbocycles. The number of fused-ring (bicyclic) bond motifs is 1. The third-order valence-electron chi connectivity index (χ3n) is 4.34. The van der Waals surface area contributed by atoms with Gasteiger partial charge in [0, 0.05) is 12.7 Å². The maximum absolute atomic E-state index is 12.3. The first-order valence-corrected chi connectivity index (χ1v) is 7.80.